The van der Waals surface area contributed by atoms with Crippen LogP contribution < -0.4 is 39.3 Å². The molecule has 0 aliphatic carbocycles. The van der Waals surface area contributed by atoms with Gasteiger partial charge in [0.05, 0.1) is 56.8 Å². The van der Waals surface area contributed by atoms with E-state index in [1.54, 1.807) is 12.1 Å². The third kappa shape index (κ3) is 10.1. The smallest absolute Gasteiger partial charge is 0.411 e. The number of amides is 2. The molecule has 0 radical (unpaired) electrons. The maximum atomic E-state index is 12.9. The normalized spacial score (nSPS) is 14.3. The number of halogens is 2. The Morgan fingerprint density at radius 2 is 1.72 bits per heavy atom. The molecule has 1 aliphatic rings. The fourth-order valence-corrected chi connectivity index (χ4v) is 5.37. The molecule has 43 heavy (non-hydrogen) atoms. The topological polar surface area (TPSA) is 96.9 Å². The van der Waals surface area contributed by atoms with Crippen molar-refractivity contribution >= 4 is 35.0 Å². The van der Waals surface area contributed by atoms with Crippen molar-refractivity contribution in [2.45, 2.75) is 51.7 Å². The van der Waals surface area contributed by atoms with Crippen molar-refractivity contribution in [3.63, 3.8) is 0 Å². The summed E-state index contributed by atoms with van der Waals surface area (Å²) in [7, 11) is 4.39. The number of benzene rings is 3. The van der Waals surface area contributed by atoms with Gasteiger partial charge in [-0.25, -0.2) is 4.79 Å². The average molecular weight is 722 g/mol. The molecule has 0 spiro atoms. The molecular formula is C33H41ClIN3O5. The van der Waals surface area contributed by atoms with E-state index in [0.29, 0.717) is 47.2 Å². The number of nitrogens with zero attached hydrogens (tertiary/aromatic N) is 1. The zero-order chi connectivity index (χ0) is 30.1. The van der Waals surface area contributed by atoms with Gasteiger partial charge in [-0.1, -0.05) is 54.1 Å². The Bertz CT molecular complexity index is 1380. The zero-order valence-electron chi connectivity index (χ0n) is 25.0. The fourth-order valence-electron chi connectivity index (χ4n) is 5.14. The monoisotopic (exact) mass is 721 g/mol. The van der Waals surface area contributed by atoms with Gasteiger partial charge in [0.1, 0.15) is 11.9 Å². The number of aliphatic hydroxyl groups is 1. The summed E-state index contributed by atoms with van der Waals surface area (Å²) in [5.41, 5.74) is 4.58. The number of aryl methyl sites for hydroxylation is 1. The van der Waals surface area contributed by atoms with E-state index < -0.39 is 6.09 Å². The quantitative estimate of drug-likeness (QED) is 0.208. The summed E-state index contributed by atoms with van der Waals surface area (Å²) in [6.45, 7) is 4.02. The number of nitrogens with one attached hydrogen (secondary N) is 2. The number of rotatable bonds is 11. The number of anilines is 2. The second-order valence-corrected chi connectivity index (χ2v) is 11.7. The Kier molecular flexibility index (Phi) is 13.1. The summed E-state index contributed by atoms with van der Waals surface area (Å²) in [5, 5.41) is 15.7. The second-order valence-electron chi connectivity index (χ2n) is 11.3. The fraction of sp³-hybridized carbons (Fsp3) is 0.394. The molecule has 0 saturated carbocycles. The minimum Gasteiger partial charge on any atom is -1.00 e. The first kappa shape index (κ1) is 34.6. The third-order valence-electron chi connectivity index (χ3n) is 7.56. The van der Waals surface area contributed by atoms with E-state index in [9.17, 15) is 14.7 Å². The number of carbonyl (C=O) groups is 2. The van der Waals surface area contributed by atoms with Gasteiger partial charge in [0, 0.05) is 36.5 Å². The van der Waals surface area contributed by atoms with Crippen LogP contribution in [-0.2, 0) is 22.6 Å². The number of hydrogen-bond acceptors (Lipinski definition) is 5. The highest BCUT2D eigenvalue weighted by molar-refractivity contribution is 6.33. The van der Waals surface area contributed by atoms with E-state index in [1.165, 1.54) is 0 Å². The first-order valence-electron chi connectivity index (χ1n) is 14.5. The van der Waals surface area contributed by atoms with Gasteiger partial charge in [-0.3, -0.25) is 10.1 Å². The van der Waals surface area contributed by atoms with E-state index in [4.69, 9.17) is 21.1 Å². The summed E-state index contributed by atoms with van der Waals surface area (Å²) in [5.74, 6) is 0.316. The van der Waals surface area contributed by atoms with Crippen molar-refractivity contribution in [3.8, 4) is 16.9 Å². The van der Waals surface area contributed by atoms with Crippen LogP contribution in [0.15, 0.2) is 60.7 Å². The Morgan fingerprint density at radius 3 is 2.40 bits per heavy atom. The number of quaternary nitrogens is 1. The van der Waals surface area contributed by atoms with E-state index >= 15 is 0 Å². The van der Waals surface area contributed by atoms with Crippen LogP contribution in [0.5, 0.6) is 5.75 Å². The van der Waals surface area contributed by atoms with Crippen molar-refractivity contribution in [2.75, 3.05) is 44.4 Å². The molecule has 0 aromatic heterocycles. The highest BCUT2D eigenvalue weighted by atomic mass is 127. The highest BCUT2D eigenvalue weighted by Gasteiger charge is 2.28. The highest BCUT2D eigenvalue weighted by Crippen LogP contribution is 2.32. The van der Waals surface area contributed by atoms with Crippen molar-refractivity contribution in [1.29, 1.82) is 0 Å². The number of aliphatic hydroxyl groups excluding tert-OH is 1. The summed E-state index contributed by atoms with van der Waals surface area (Å²) in [4.78, 5) is 25.6. The van der Waals surface area contributed by atoms with Gasteiger partial charge in [-0.05, 0) is 43.0 Å². The van der Waals surface area contributed by atoms with Gasteiger partial charge in [0.2, 0.25) is 5.91 Å². The Morgan fingerprint density at radius 1 is 1.00 bits per heavy atom. The molecule has 232 valence electrons. The summed E-state index contributed by atoms with van der Waals surface area (Å²) < 4.78 is 12.3. The molecule has 0 atom stereocenters. The van der Waals surface area contributed by atoms with Crippen LogP contribution in [-0.4, -0.2) is 61.5 Å². The maximum Gasteiger partial charge on any atom is 0.411 e. The van der Waals surface area contributed by atoms with Crippen molar-refractivity contribution in [1.82, 2.24) is 0 Å². The van der Waals surface area contributed by atoms with Gasteiger partial charge in [0.25, 0.3) is 0 Å². The largest absolute Gasteiger partial charge is 1.00 e. The molecule has 1 fully saturated rings. The summed E-state index contributed by atoms with van der Waals surface area (Å²) in [6.07, 6.45) is 2.68. The van der Waals surface area contributed by atoms with Gasteiger partial charge in [-0.15, -0.1) is 0 Å². The first-order chi connectivity index (χ1) is 20.2. The predicted molar refractivity (Wildman–Crippen MR) is 167 cm³/mol. The van der Waals surface area contributed by atoms with Crippen molar-refractivity contribution in [2.24, 2.45) is 0 Å². The Labute approximate surface area is 276 Å². The lowest BCUT2D eigenvalue weighted by Gasteiger charge is -2.36. The number of piperidine rings is 1. The van der Waals surface area contributed by atoms with Crippen LogP contribution in [0.4, 0.5) is 16.2 Å². The molecule has 0 unspecified atom stereocenters. The van der Waals surface area contributed by atoms with E-state index in [1.807, 2.05) is 55.5 Å². The standard InChI is InChI=1S/C33H40ClN3O5.HI/c1-4-41-31-21-30(28(34)20-25(31)22-38)35-32(39)12-8-9-23-13-14-27(24-10-6-5-7-11-24)29(19-23)36-33(40)42-26-15-17-37(2,3)18-16-26;/h5-7,10-11,13-14,19-21,26,38H,4,8-9,12,15-18,22H2,1-3H3,(H-,35,36,39,40);1H. The van der Waals surface area contributed by atoms with Crippen molar-refractivity contribution < 1.29 is 52.6 Å². The minimum atomic E-state index is -0.448. The molecule has 3 N–H and O–H groups in total. The average Bonchev–Trinajstić information content (AvgIpc) is 2.96. The third-order valence-corrected chi connectivity index (χ3v) is 7.87. The molecule has 10 heteroatoms. The van der Waals surface area contributed by atoms with E-state index in [2.05, 4.69) is 24.7 Å². The molecule has 3 aromatic rings. The first-order valence-corrected chi connectivity index (χ1v) is 14.9. The summed E-state index contributed by atoms with van der Waals surface area (Å²) in [6, 6.07) is 19.1. The number of ether oxygens (including phenoxy) is 2. The molecule has 1 saturated heterocycles. The van der Waals surface area contributed by atoms with Crippen LogP contribution in [0, 0.1) is 0 Å². The molecule has 2 amide bonds. The molecule has 1 aliphatic heterocycles. The molecule has 8 nitrogen and oxygen atoms in total. The van der Waals surface area contributed by atoms with Gasteiger partial charge >= 0.3 is 6.09 Å². The molecular weight excluding hydrogens is 681 g/mol. The van der Waals surface area contributed by atoms with Crippen LogP contribution in [0.25, 0.3) is 11.1 Å². The molecule has 0 bridgehead atoms. The number of carbonyl (C=O) groups excluding carboxylic acids is 2. The minimum absolute atomic E-state index is 0. The Hall–Kier alpha value is -2.86. The van der Waals surface area contributed by atoms with E-state index in [-0.39, 0.29) is 49.0 Å². The number of likely N-dealkylation sites (tertiary alicyclic amines) is 1. The predicted octanol–water partition coefficient (Wildman–Crippen LogP) is 3.65. The lowest BCUT2D eigenvalue weighted by atomic mass is 9.99. The van der Waals surface area contributed by atoms with Crippen LogP contribution in [0.3, 0.4) is 0 Å². The van der Waals surface area contributed by atoms with Crippen LogP contribution in [0.2, 0.25) is 5.02 Å². The molecule has 3 aromatic carbocycles. The van der Waals surface area contributed by atoms with Gasteiger partial charge < -0.3 is 48.4 Å². The zero-order valence-corrected chi connectivity index (χ0v) is 27.9. The molecule has 1 heterocycles. The Balaban J connectivity index is 0.00000506. The maximum absolute atomic E-state index is 12.9. The lowest BCUT2D eigenvalue weighted by molar-refractivity contribution is -0.896. The van der Waals surface area contributed by atoms with Crippen LogP contribution in [0.1, 0.15) is 43.7 Å². The SMILES string of the molecule is CCOc1cc(NC(=O)CCCc2ccc(-c3ccccc3)c(NC(=O)OC3CC[N+](C)(C)CC3)c2)c(Cl)cc1CO.[I-]. The second kappa shape index (κ2) is 16.3. The summed E-state index contributed by atoms with van der Waals surface area (Å²) >= 11 is 6.33. The number of hydrogen-bond donors (Lipinski definition) is 3. The van der Waals surface area contributed by atoms with E-state index in [0.717, 1.165) is 47.1 Å². The van der Waals surface area contributed by atoms with Gasteiger partial charge in [-0.2, -0.15) is 0 Å². The molecule has 4 rings (SSSR count). The van der Waals surface area contributed by atoms with Crippen molar-refractivity contribution in [3.05, 3.63) is 76.8 Å². The van der Waals surface area contributed by atoms with Gasteiger partial charge in [0.15, 0.2) is 0 Å². The van der Waals surface area contributed by atoms with Crippen LogP contribution >= 0.6 is 11.6 Å². The lowest BCUT2D eigenvalue weighted by Crippen LogP contribution is -3.00.